The van der Waals surface area contributed by atoms with Crippen molar-refractivity contribution in [2.75, 3.05) is 26.7 Å². The Morgan fingerprint density at radius 3 is 2.89 bits per heavy atom. The lowest BCUT2D eigenvalue weighted by Crippen LogP contribution is -2.57. The number of hydrogen-bond donors (Lipinski definition) is 2. The average Bonchev–Trinajstić information content (AvgIpc) is 2.46. The molecule has 1 saturated heterocycles. The van der Waals surface area contributed by atoms with Gasteiger partial charge < -0.3 is 15.5 Å². The first-order chi connectivity index (χ1) is 9.11. The monoisotopic (exact) mass is 262 g/mol. The maximum Gasteiger partial charge on any atom is 0.255 e. The molecule has 1 unspecified atom stereocenters. The molecule has 1 fully saturated rings. The van der Waals surface area contributed by atoms with Crippen molar-refractivity contribution >= 4 is 11.8 Å². The fourth-order valence-electron chi connectivity index (χ4n) is 2.06. The number of pyridine rings is 1. The lowest BCUT2D eigenvalue weighted by atomic mass is 10.1. The van der Waals surface area contributed by atoms with E-state index in [1.807, 2.05) is 13.0 Å². The Bertz CT molecular complexity index is 472. The highest BCUT2D eigenvalue weighted by Crippen LogP contribution is 2.08. The van der Waals surface area contributed by atoms with Crippen molar-refractivity contribution in [3.8, 4) is 0 Å². The average molecular weight is 262 g/mol. The summed E-state index contributed by atoms with van der Waals surface area (Å²) in [5.41, 5.74) is 1.43. The van der Waals surface area contributed by atoms with Gasteiger partial charge >= 0.3 is 0 Å². The lowest BCUT2D eigenvalue weighted by molar-refractivity contribution is -0.123. The van der Waals surface area contributed by atoms with Crippen LogP contribution < -0.4 is 10.6 Å². The molecule has 0 radical (unpaired) electrons. The number of aryl methyl sites for hydroxylation is 1. The minimum absolute atomic E-state index is 0.0806. The van der Waals surface area contributed by atoms with E-state index >= 15 is 0 Å². The first-order valence-electron chi connectivity index (χ1n) is 6.28. The number of likely N-dealkylation sites (N-methyl/N-ethyl adjacent to an activating group) is 1. The van der Waals surface area contributed by atoms with Crippen molar-refractivity contribution in [3.05, 3.63) is 29.6 Å². The van der Waals surface area contributed by atoms with Gasteiger partial charge in [0, 0.05) is 38.6 Å². The zero-order valence-electron chi connectivity index (χ0n) is 11.1. The van der Waals surface area contributed by atoms with E-state index in [4.69, 9.17) is 0 Å². The molecule has 0 aliphatic carbocycles. The van der Waals surface area contributed by atoms with Gasteiger partial charge in [0.2, 0.25) is 5.91 Å². The minimum Gasteiger partial charge on any atom is -0.358 e. The van der Waals surface area contributed by atoms with Crippen LogP contribution in [-0.4, -0.2) is 54.4 Å². The van der Waals surface area contributed by atoms with Crippen LogP contribution in [0.1, 0.15) is 16.1 Å². The molecule has 1 aliphatic heterocycles. The molecule has 6 nitrogen and oxygen atoms in total. The van der Waals surface area contributed by atoms with Crippen LogP contribution in [0.4, 0.5) is 0 Å². The predicted octanol–water partition coefficient (Wildman–Crippen LogP) is -0.450. The van der Waals surface area contributed by atoms with E-state index in [0.717, 1.165) is 5.69 Å². The smallest absolute Gasteiger partial charge is 0.255 e. The number of nitrogens with zero attached hydrogens (tertiary/aromatic N) is 2. The summed E-state index contributed by atoms with van der Waals surface area (Å²) < 4.78 is 0. The number of hydrogen-bond acceptors (Lipinski definition) is 4. The van der Waals surface area contributed by atoms with Gasteiger partial charge in [0.25, 0.3) is 5.91 Å². The molecule has 0 aromatic carbocycles. The first-order valence-corrected chi connectivity index (χ1v) is 6.28. The van der Waals surface area contributed by atoms with Crippen LogP contribution in [0.15, 0.2) is 18.3 Å². The largest absolute Gasteiger partial charge is 0.358 e. The minimum atomic E-state index is -0.346. The third kappa shape index (κ3) is 3.08. The summed E-state index contributed by atoms with van der Waals surface area (Å²) in [7, 11) is 1.59. The number of piperazine rings is 1. The Balaban J connectivity index is 2.06. The molecule has 1 aromatic rings. The fourth-order valence-corrected chi connectivity index (χ4v) is 2.06. The summed E-state index contributed by atoms with van der Waals surface area (Å²) >= 11 is 0. The van der Waals surface area contributed by atoms with Crippen LogP contribution in [0.5, 0.6) is 0 Å². The third-order valence-corrected chi connectivity index (χ3v) is 3.18. The van der Waals surface area contributed by atoms with Crippen molar-refractivity contribution in [2.45, 2.75) is 13.0 Å². The Morgan fingerprint density at radius 1 is 1.47 bits per heavy atom. The molecule has 0 spiro atoms. The number of amides is 2. The maximum absolute atomic E-state index is 12.3. The summed E-state index contributed by atoms with van der Waals surface area (Å²) in [6.45, 7) is 3.47. The maximum atomic E-state index is 12.3. The second-order valence-corrected chi connectivity index (χ2v) is 4.56. The summed E-state index contributed by atoms with van der Waals surface area (Å²) in [4.78, 5) is 29.7. The van der Waals surface area contributed by atoms with Gasteiger partial charge in [-0.25, -0.2) is 0 Å². The number of carbonyl (C=O) groups excluding carboxylic acids is 2. The number of aromatic nitrogens is 1. The van der Waals surface area contributed by atoms with Crippen molar-refractivity contribution in [1.29, 1.82) is 0 Å². The highest BCUT2D eigenvalue weighted by Gasteiger charge is 2.27. The van der Waals surface area contributed by atoms with Gasteiger partial charge in [0.1, 0.15) is 6.04 Å². The van der Waals surface area contributed by atoms with Crippen molar-refractivity contribution in [3.63, 3.8) is 0 Å². The lowest BCUT2D eigenvalue weighted by Gasteiger charge is -2.32. The van der Waals surface area contributed by atoms with Crippen LogP contribution in [0.2, 0.25) is 0 Å². The van der Waals surface area contributed by atoms with E-state index in [1.54, 1.807) is 24.2 Å². The molecule has 2 amide bonds. The molecule has 19 heavy (non-hydrogen) atoms. The summed E-state index contributed by atoms with van der Waals surface area (Å²) in [6.07, 6.45) is 1.58. The Morgan fingerprint density at radius 2 is 2.26 bits per heavy atom. The molecule has 102 valence electrons. The molecular weight excluding hydrogens is 244 g/mol. The second kappa shape index (κ2) is 5.79. The molecule has 2 rings (SSSR count). The fraction of sp³-hybridized carbons (Fsp3) is 0.462. The van der Waals surface area contributed by atoms with E-state index in [9.17, 15) is 9.59 Å². The normalized spacial score (nSPS) is 19.1. The quantitative estimate of drug-likeness (QED) is 0.757. The Labute approximate surface area is 112 Å². The van der Waals surface area contributed by atoms with Crippen LogP contribution in [-0.2, 0) is 4.79 Å². The predicted molar refractivity (Wildman–Crippen MR) is 70.7 cm³/mol. The Hall–Kier alpha value is -1.95. The van der Waals surface area contributed by atoms with E-state index in [2.05, 4.69) is 15.6 Å². The zero-order chi connectivity index (χ0) is 13.8. The van der Waals surface area contributed by atoms with E-state index in [-0.39, 0.29) is 17.9 Å². The highest BCUT2D eigenvalue weighted by atomic mass is 16.2. The van der Waals surface area contributed by atoms with Crippen LogP contribution in [0.3, 0.4) is 0 Å². The van der Waals surface area contributed by atoms with Crippen LogP contribution in [0, 0.1) is 6.92 Å². The molecule has 0 saturated carbocycles. The standard InChI is InChI=1S/C13H18N4O2/c1-9-3-4-10(7-16-9)13(19)17-6-5-15-11(8-17)12(18)14-2/h3-4,7,11,15H,5-6,8H2,1-2H3,(H,14,18). The molecule has 1 aromatic heterocycles. The molecular formula is C13H18N4O2. The third-order valence-electron chi connectivity index (χ3n) is 3.18. The van der Waals surface area contributed by atoms with Crippen molar-refractivity contribution in [1.82, 2.24) is 20.5 Å². The number of carbonyl (C=O) groups is 2. The van der Waals surface area contributed by atoms with Gasteiger partial charge in [0.15, 0.2) is 0 Å². The van der Waals surface area contributed by atoms with Gasteiger partial charge in [0.05, 0.1) is 5.56 Å². The van der Waals surface area contributed by atoms with Gasteiger partial charge in [-0.3, -0.25) is 14.6 Å². The zero-order valence-corrected chi connectivity index (χ0v) is 11.1. The van der Waals surface area contributed by atoms with Gasteiger partial charge in [-0.15, -0.1) is 0 Å². The molecule has 2 heterocycles. The molecule has 1 aliphatic rings. The van der Waals surface area contributed by atoms with Crippen molar-refractivity contribution in [2.24, 2.45) is 0 Å². The van der Waals surface area contributed by atoms with Crippen molar-refractivity contribution < 1.29 is 9.59 Å². The summed E-state index contributed by atoms with van der Waals surface area (Å²) in [5, 5.41) is 5.68. The number of nitrogens with one attached hydrogen (secondary N) is 2. The number of rotatable bonds is 2. The van der Waals surface area contributed by atoms with Gasteiger partial charge in [-0.2, -0.15) is 0 Å². The van der Waals surface area contributed by atoms with E-state index < -0.39 is 0 Å². The summed E-state index contributed by atoms with van der Waals surface area (Å²) in [5.74, 6) is -0.178. The van der Waals surface area contributed by atoms with Gasteiger partial charge in [-0.1, -0.05) is 0 Å². The van der Waals surface area contributed by atoms with Crippen LogP contribution in [0.25, 0.3) is 0 Å². The van der Waals surface area contributed by atoms with Crippen LogP contribution >= 0.6 is 0 Å². The topological polar surface area (TPSA) is 74.3 Å². The molecule has 1 atom stereocenters. The Kier molecular flexibility index (Phi) is 4.11. The van der Waals surface area contributed by atoms with E-state index in [0.29, 0.717) is 25.2 Å². The molecule has 2 N–H and O–H groups in total. The molecule has 0 bridgehead atoms. The highest BCUT2D eigenvalue weighted by molar-refractivity contribution is 5.94. The second-order valence-electron chi connectivity index (χ2n) is 4.56. The SMILES string of the molecule is CNC(=O)C1CN(C(=O)c2ccc(C)nc2)CCN1. The van der Waals surface area contributed by atoms with E-state index in [1.165, 1.54) is 0 Å². The summed E-state index contributed by atoms with van der Waals surface area (Å²) in [6, 6.07) is 3.23. The molecule has 6 heteroatoms. The van der Waals surface area contributed by atoms with Gasteiger partial charge in [-0.05, 0) is 19.1 Å². The first kappa shape index (κ1) is 13.5.